The first kappa shape index (κ1) is 14.5. The Kier molecular flexibility index (Phi) is 5.74. The molecule has 1 fully saturated rings. The molecule has 0 aromatic heterocycles. The Labute approximate surface area is 104 Å². The normalized spacial score (nSPS) is 24.8. The van der Waals surface area contributed by atoms with Crippen molar-refractivity contribution in [1.82, 2.24) is 0 Å². The molecule has 2 heteroatoms. The average molecular weight is 244 g/mol. The Hall–Kier alpha value is 0.390. The van der Waals surface area contributed by atoms with Gasteiger partial charge in [-0.25, -0.2) is 0 Å². The maximum atomic E-state index is 10.3. The highest BCUT2D eigenvalue weighted by Gasteiger charge is 2.38. The minimum Gasteiger partial charge on any atom is -0.390 e. The van der Waals surface area contributed by atoms with E-state index in [1.807, 2.05) is 13.8 Å². The van der Waals surface area contributed by atoms with Gasteiger partial charge in [0.05, 0.1) is 5.60 Å². The lowest BCUT2D eigenvalue weighted by Gasteiger charge is -2.41. The van der Waals surface area contributed by atoms with Crippen molar-refractivity contribution in [3.63, 3.8) is 0 Å². The van der Waals surface area contributed by atoms with Crippen LogP contribution in [0.5, 0.6) is 0 Å². The van der Waals surface area contributed by atoms with E-state index in [9.17, 15) is 5.11 Å². The molecule has 1 nitrogen and oxygen atoms in total. The van der Waals surface area contributed by atoms with Gasteiger partial charge in [0.25, 0.3) is 0 Å². The number of hydrogen-bond donors (Lipinski definition) is 1. The molecule has 0 saturated heterocycles. The van der Waals surface area contributed by atoms with Gasteiger partial charge in [0.1, 0.15) is 0 Å². The fraction of sp³-hybridized carbons (Fsp3) is 1.00. The summed E-state index contributed by atoms with van der Waals surface area (Å²) in [7, 11) is 2.97. The molecule has 0 bridgehead atoms. The van der Waals surface area contributed by atoms with E-state index in [2.05, 4.69) is 9.24 Å². The van der Waals surface area contributed by atoms with Gasteiger partial charge >= 0.3 is 0 Å². The molecule has 0 heterocycles. The molecule has 1 aliphatic rings. The van der Waals surface area contributed by atoms with Gasteiger partial charge in [-0.15, -0.1) is 9.24 Å². The van der Waals surface area contributed by atoms with Crippen LogP contribution in [0.1, 0.15) is 78.1 Å². The summed E-state index contributed by atoms with van der Waals surface area (Å²) in [6.07, 6.45) is 13.1. The molecule has 1 atom stereocenters. The van der Waals surface area contributed by atoms with Crippen molar-refractivity contribution in [2.75, 3.05) is 0 Å². The maximum Gasteiger partial charge on any atom is 0.0681 e. The highest BCUT2D eigenvalue weighted by molar-refractivity contribution is 7.19. The zero-order chi connectivity index (χ0) is 12.1. The van der Waals surface area contributed by atoms with E-state index in [-0.39, 0.29) is 5.16 Å². The van der Waals surface area contributed by atoms with Crippen molar-refractivity contribution in [2.45, 2.75) is 88.8 Å². The van der Waals surface area contributed by atoms with Crippen LogP contribution in [-0.4, -0.2) is 15.9 Å². The molecule has 0 aliphatic heterocycles. The number of rotatable bonds is 1. The zero-order valence-electron chi connectivity index (χ0n) is 11.1. The molecule has 16 heavy (non-hydrogen) atoms. The van der Waals surface area contributed by atoms with Gasteiger partial charge in [0, 0.05) is 5.16 Å². The van der Waals surface area contributed by atoms with Crippen molar-refractivity contribution in [2.24, 2.45) is 0 Å². The molecule has 0 aromatic rings. The average Bonchev–Trinajstić information content (AvgIpc) is 2.22. The summed E-state index contributed by atoms with van der Waals surface area (Å²) >= 11 is 0. The van der Waals surface area contributed by atoms with Crippen molar-refractivity contribution < 1.29 is 5.11 Å². The SMILES string of the molecule is CC(C)(O)C1(P)CCCCCCCCCC1. The van der Waals surface area contributed by atoms with Crippen molar-refractivity contribution in [1.29, 1.82) is 0 Å². The summed E-state index contributed by atoms with van der Waals surface area (Å²) in [5.74, 6) is 0. The van der Waals surface area contributed by atoms with Gasteiger partial charge in [0.2, 0.25) is 0 Å². The van der Waals surface area contributed by atoms with Crippen molar-refractivity contribution in [3.05, 3.63) is 0 Å². The highest BCUT2D eigenvalue weighted by Crippen LogP contribution is 2.41. The summed E-state index contributed by atoms with van der Waals surface area (Å²) in [4.78, 5) is 0. The monoisotopic (exact) mass is 244 g/mol. The molecule has 0 spiro atoms. The largest absolute Gasteiger partial charge is 0.390 e. The molecule has 1 N–H and O–H groups in total. The van der Waals surface area contributed by atoms with Crippen LogP contribution in [0.15, 0.2) is 0 Å². The minimum atomic E-state index is -0.564. The fourth-order valence-electron chi connectivity index (χ4n) is 2.68. The summed E-state index contributed by atoms with van der Waals surface area (Å²) in [6, 6.07) is 0. The lowest BCUT2D eigenvalue weighted by atomic mass is 9.81. The smallest absolute Gasteiger partial charge is 0.0681 e. The van der Waals surface area contributed by atoms with E-state index in [0.717, 1.165) is 12.8 Å². The van der Waals surface area contributed by atoms with Gasteiger partial charge in [-0.1, -0.05) is 51.4 Å². The van der Waals surface area contributed by atoms with E-state index >= 15 is 0 Å². The molecular formula is C14H29OP. The standard InChI is InChI=1S/C14H29OP/c1-13(2,15)14(16)11-9-7-5-3-4-6-8-10-12-14/h15H,3-12,16H2,1-2H3. The Bertz CT molecular complexity index is 183. The van der Waals surface area contributed by atoms with Crippen LogP contribution >= 0.6 is 9.24 Å². The molecule has 0 amide bonds. The minimum absolute atomic E-state index is 0.0390. The summed E-state index contributed by atoms with van der Waals surface area (Å²) in [6.45, 7) is 3.94. The predicted molar refractivity (Wildman–Crippen MR) is 74.9 cm³/mol. The van der Waals surface area contributed by atoms with Crippen LogP contribution in [0.4, 0.5) is 0 Å². The van der Waals surface area contributed by atoms with Gasteiger partial charge < -0.3 is 5.11 Å². The van der Waals surface area contributed by atoms with Crippen LogP contribution in [-0.2, 0) is 0 Å². The van der Waals surface area contributed by atoms with Crippen LogP contribution in [0, 0.1) is 0 Å². The first-order chi connectivity index (χ1) is 7.46. The zero-order valence-corrected chi connectivity index (χ0v) is 12.3. The van der Waals surface area contributed by atoms with Crippen LogP contribution in [0.25, 0.3) is 0 Å². The van der Waals surface area contributed by atoms with E-state index in [0.29, 0.717) is 0 Å². The fourth-order valence-corrected chi connectivity index (χ4v) is 3.09. The summed E-state index contributed by atoms with van der Waals surface area (Å²) < 4.78 is 0. The van der Waals surface area contributed by atoms with Gasteiger partial charge in [-0.3, -0.25) is 0 Å². The summed E-state index contributed by atoms with van der Waals surface area (Å²) in [5.41, 5.74) is -0.564. The lowest BCUT2D eigenvalue weighted by Crippen LogP contribution is -2.44. The first-order valence-electron chi connectivity index (χ1n) is 6.97. The molecule has 0 aromatic carbocycles. The van der Waals surface area contributed by atoms with Gasteiger partial charge in [0.15, 0.2) is 0 Å². The van der Waals surface area contributed by atoms with Gasteiger partial charge in [-0.2, -0.15) is 0 Å². The molecule has 1 aliphatic carbocycles. The second-order valence-electron chi connectivity index (χ2n) is 6.04. The van der Waals surface area contributed by atoms with Crippen molar-refractivity contribution in [3.8, 4) is 0 Å². The first-order valence-corrected chi connectivity index (χ1v) is 7.55. The quantitative estimate of drug-likeness (QED) is 0.682. The third-order valence-electron chi connectivity index (χ3n) is 4.21. The Morgan fingerprint density at radius 1 is 0.812 bits per heavy atom. The molecular weight excluding hydrogens is 215 g/mol. The Morgan fingerprint density at radius 3 is 1.44 bits per heavy atom. The van der Waals surface area contributed by atoms with Crippen molar-refractivity contribution >= 4 is 9.24 Å². The highest BCUT2D eigenvalue weighted by atomic mass is 31.0. The van der Waals surface area contributed by atoms with E-state index in [1.165, 1.54) is 51.4 Å². The lowest BCUT2D eigenvalue weighted by molar-refractivity contribution is 0.0265. The Morgan fingerprint density at radius 2 is 1.12 bits per heavy atom. The third-order valence-corrected chi connectivity index (χ3v) is 5.50. The molecule has 1 rings (SSSR count). The summed E-state index contributed by atoms with van der Waals surface area (Å²) in [5, 5.41) is 10.4. The van der Waals surface area contributed by atoms with Gasteiger partial charge in [-0.05, 0) is 26.7 Å². The number of aliphatic hydroxyl groups is 1. The van der Waals surface area contributed by atoms with E-state index in [1.54, 1.807) is 0 Å². The third kappa shape index (κ3) is 4.34. The maximum absolute atomic E-state index is 10.3. The number of hydrogen-bond acceptors (Lipinski definition) is 1. The molecule has 1 saturated carbocycles. The van der Waals surface area contributed by atoms with Crippen LogP contribution in [0.2, 0.25) is 0 Å². The van der Waals surface area contributed by atoms with Crippen LogP contribution in [0.3, 0.4) is 0 Å². The topological polar surface area (TPSA) is 20.2 Å². The molecule has 1 unspecified atom stereocenters. The molecule has 96 valence electrons. The van der Waals surface area contributed by atoms with E-state index < -0.39 is 5.60 Å². The second kappa shape index (κ2) is 6.36. The second-order valence-corrected chi connectivity index (χ2v) is 7.15. The van der Waals surface area contributed by atoms with E-state index in [4.69, 9.17) is 0 Å². The predicted octanol–water partition coefficient (Wildman–Crippen LogP) is 4.29. The van der Waals surface area contributed by atoms with Crippen LogP contribution < -0.4 is 0 Å². The molecule has 0 radical (unpaired) electrons. The Balaban J connectivity index is 2.57.